The summed E-state index contributed by atoms with van der Waals surface area (Å²) in [5.74, 6) is 2.66. The van der Waals surface area contributed by atoms with E-state index < -0.39 is 5.60 Å². The fraction of sp³-hybridized carbons (Fsp3) is 0.565. The zero-order valence-electron chi connectivity index (χ0n) is 17.5. The molecule has 0 amide bonds. The topological polar surface area (TPSA) is 84.5 Å². The lowest BCUT2D eigenvalue weighted by molar-refractivity contribution is 0.0714. The lowest BCUT2D eigenvalue weighted by Crippen LogP contribution is -2.32. The minimum Gasteiger partial charge on any atom is -0.390 e. The Morgan fingerprint density at radius 3 is 2.72 bits per heavy atom. The van der Waals surface area contributed by atoms with E-state index in [0.717, 1.165) is 70.0 Å². The summed E-state index contributed by atoms with van der Waals surface area (Å²) >= 11 is 0. The van der Waals surface area contributed by atoms with Crippen LogP contribution >= 0.6 is 0 Å². The van der Waals surface area contributed by atoms with Gasteiger partial charge in [0, 0.05) is 38.3 Å². The second-order valence-corrected chi connectivity index (χ2v) is 8.98. The molecule has 6 heteroatoms. The first-order chi connectivity index (χ1) is 13.9. The Kier molecular flexibility index (Phi) is 5.74. The summed E-state index contributed by atoms with van der Waals surface area (Å²) < 4.78 is 5.47. The molecular weight excluding hydrogens is 364 g/mol. The molecule has 1 aromatic carbocycles. The quantitative estimate of drug-likeness (QED) is 0.807. The Bertz CT molecular complexity index is 856. The molecule has 156 valence electrons. The molecule has 1 saturated heterocycles. The number of rotatable bonds is 5. The van der Waals surface area contributed by atoms with Crippen molar-refractivity contribution in [3.63, 3.8) is 0 Å². The van der Waals surface area contributed by atoms with E-state index in [2.05, 4.69) is 28.1 Å². The summed E-state index contributed by atoms with van der Waals surface area (Å²) in [6, 6.07) is 8.62. The molecule has 29 heavy (non-hydrogen) atoms. The van der Waals surface area contributed by atoms with Gasteiger partial charge < -0.3 is 20.5 Å². The minimum atomic E-state index is -0.623. The molecular formula is C23H32N4O2. The summed E-state index contributed by atoms with van der Waals surface area (Å²) in [5, 5.41) is 9.98. The van der Waals surface area contributed by atoms with Crippen LogP contribution in [0.15, 0.2) is 24.3 Å². The maximum Gasteiger partial charge on any atom is 0.136 e. The maximum atomic E-state index is 9.98. The van der Waals surface area contributed by atoms with Gasteiger partial charge in [-0.2, -0.15) is 0 Å². The Hall–Kier alpha value is -2.18. The van der Waals surface area contributed by atoms with Crippen LogP contribution in [0.3, 0.4) is 0 Å². The predicted octanol–water partition coefficient (Wildman–Crippen LogP) is 3.22. The van der Waals surface area contributed by atoms with E-state index >= 15 is 0 Å². The third-order valence-corrected chi connectivity index (χ3v) is 5.97. The number of nitrogens with zero attached hydrogens (tertiary/aromatic N) is 3. The second kappa shape index (κ2) is 8.28. The van der Waals surface area contributed by atoms with Crippen LogP contribution in [0.1, 0.15) is 61.5 Å². The number of benzene rings is 1. The molecule has 0 aliphatic carbocycles. The number of aromatic nitrogens is 2. The number of anilines is 2. The molecule has 0 unspecified atom stereocenters. The molecule has 3 N–H and O–H groups in total. The number of aryl methyl sites for hydroxylation is 1. The van der Waals surface area contributed by atoms with Gasteiger partial charge in [-0.25, -0.2) is 9.97 Å². The third kappa shape index (κ3) is 5.06. The third-order valence-electron chi connectivity index (χ3n) is 5.97. The highest BCUT2D eigenvalue weighted by atomic mass is 16.5. The number of nitrogen functional groups attached to an aromatic ring is 1. The molecule has 1 fully saturated rings. The first kappa shape index (κ1) is 20.1. The molecule has 0 atom stereocenters. The summed E-state index contributed by atoms with van der Waals surface area (Å²) in [7, 11) is 0. The normalized spacial score (nSPS) is 18.0. The second-order valence-electron chi connectivity index (χ2n) is 8.98. The Morgan fingerprint density at radius 1 is 1.17 bits per heavy atom. The van der Waals surface area contributed by atoms with Gasteiger partial charge in [-0.1, -0.05) is 18.2 Å². The summed E-state index contributed by atoms with van der Waals surface area (Å²) in [4.78, 5) is 11.7. The van der Waals surface area contributed by atoms with Crippen molar-refractivity contribution in [3.8, 4) is 0 Å². The van der Waals surface area contributed by atoms with Gasteiger partial charge in [-0.15, -0.1) is 0 Å². The van der Waals surface area contributed by atoms with Crippen molar-refractivity contribution >= 4 is 11.6 Å². The van der Waals surface area contributed by atoms with Crippen LogP contribution < -0.4 is 10.6 Å². The lowest BCUT2D eigenvalue weighted by atomic mass is 9.93. The van der Waals surface area contributed by atoms with Crippen molar-refractivity contribution in [2.45, 2.75) is 64.0 Å². The van der Waals surface area contributed by atoms with Crippen molar-refractivity contribution in [1.29, 1.82) is 0 Å². The average molecular weight is 397 g/mol. The van der Waals surface area contributed by atoms with Gasteiger partial charge in [-0.3, -0.25) is 0 Å². The van der Waals surface area contributed by atoms with Crippen molar-refractivity contribution in [2.75, 3.05) is 30.4 Å². The van der Waals surface area contributed by atoms with E-state index in [1.807, 2.05) is 19.9 Å². The number of nitrogens with two attached hydrogens (primary N) is 1. The van der Waals surface area contributed by atoms with Gasteiger partial charge in [0.1, 0.15) is 17.5 Å². The summed E-state index contributed by atoms with van der Waals surface area (Å²) in [6.07, 6.45) is 4.57. The molecule has 0 saturated carbocycles. The highest BCUT2D eigenvalue weighted by Crippen LogP contribution is 2.29. The number of ether oxygens (including phenoxy) is 1. The van der Waals surface area contributed by atoms with Crippen molar-refractivity contribution < 1.29 is 9.84 Å². The van der Waals surface area contributed by atoms with Gasteiger partial charge >= 0.3 is 0 Å². The van der Waals surface area contributed by atoms with Crippen molar-refractivity contribution in [2.24, 2.45) is 0 Å². The maximum absolute atomic E-state index is 9.98. The Labute approximate surface area is 173 Å². The molecule has 1 aromatic heterocycles. The van der Waals surface area contributed by atoms with Gasteiger partial charge in [0.05, 0.1) is 5.60 Å². The number of hydrogen-bond donors (Lipinski definition) is 2. The SMILES string of the molecule is CC(C)(O)CCc1ccc2c(c1)CCN(c1cc(N)nc(C3CCOCC3)n1)C2. The van der Waals surface area contributed by atoms with E-state index in [4.69, 9.17) is 15.5 Å². The predicted molar refractivity (Wildman–Crippen MR) is 115 cm³/mol. The summed E-state index contributed by atoms with van der Waals surface area (Å²) in [5.41, 5.74) is 9.55. The zero-order valence-corrected chi connectivity index (χ0v) is 17.5. The molecule has 3 heterocycles. The lowest BCUT2D eigenvalue weighted by Gasteiger charge is -2.31. The van der Waals surface area contributed by atoms with Crippen LogP contribution in [0, 0.1) is 0 Å². The number of hydrogen-bond acceptors (Lipinski definition) is 6. The van der Waals surface area contributed by atoms with Crippen LogP contribution in [0.2, 0.25) is 0 Å². The molecule has 6 nitrogen and oxygen atoms in total. The smallest absolute Gasteiger partial charge is 0.136 e. The molecule has 2 aliphatic rings. The largest absolute Gasteiger partial charge is 0.390 e. The highest BCUT2D eigenvalue weighted by molar-refractivity contribution is 5.50. The van der Waals surface area contributed by atoms with E-state index in [1.165, 1.54) is 16.7 Å². The van der Waals surface area contributed by atoms with Crippen LogP contribution in [-0.2, 0) is 24.1 Å². The fourth-order valence-electron chi connectivity index (χ4n) is 4.18. The van der Waals surface area contributed by atoms with Gasteiger partial charge in [0.25, 0.3) is 0 Å². The van der Waals surface area contributed by atoms with Crippen molar-refractivity contribution in [1.82, 2.24) is 9.97 Å². The average Bonchev–Trinajstić information content (AvgIpc) is 2.71. The van der Waals surface area contributed by atoms with Crippen LogP contribution in [0.25, 0.3) is 0 Å². The molecule has 4 rings (SSSR count). The molecule has 0 radical (unpaired) electrons. The van der Waals surface area contributed by atoms with E-state index in [0.29, 0.717) is 11.7 Å². The van der Waals surface area contributed by atoms with E-state index in [-0.39, 0.29) is 0 Å². The molecule has 0 spiro atoms. The minimum absolute atomic E-state index is 0.335. The fourth-order valence-corrected chi connectivity index (χ4v) is 4.18. The van der Waals surface area contributed by atoms with Crippen LogP contribution in [0.5, 0.6) is 0 Å². The van der Waals surface area contributed by atoms with Gasteiger partial charge in [0.2, 0.25) is 0 Å². The van der Waals surface area contributed by atoms with Gasteiger partial charge in [-0.05, 0) is 62.6 Å². The molecule has 0 bridgehead atoms. The molecule has 2 aliphatic heterocycles. The first-order valence-corrected chi connectivity index (χ1v) is 10.7. The Balaban J connectivity index is 1.49. The van der Waals surface area contributed by atoms with Crippen LogP contribution in [0.4, 0.5) is 11.6 Å². The number of aliphatic hydroxyl groups is 1. The zero-order chi connectivity index (χ0) is 20.4. The number of fused-ring (bicyclic) bond motifs is 1. The monoisotopic (exact) mass is 396 g/mol. The first-order valence-electron chi connectivity index (χ1n) is 10.7. The van der Waals surface area contributed by atoms with Crippen molar-refractivity contribution in [3.05, 3.63) is 46.8 Å². The van der Waals surface area contributed by atoms with E-state index in [1.54, 1.807) is 0 Å². The van der Waals surface area contributed by atoms with Gasteiger partial charge in [0.15, 0.2) is 0 Å². The standard InChI is InChI=1S/C23H32N4O2/c1-23(2,28)9-5-16-3-4-19-15-27(10-6-18(19)13-16)21-14-20(24)25-22(26-21)17-7-11-29-12-8-17/h3-4,13-14,17,28H,5-12,15H2,1-2H3,(H2,24,25,26). The highest BCUT2D eigenvalue weighted by Gasteiger charge is 2.23. The van der Waals surface area contributed by atoms with Crippen LogP contribution in [-0.4, -0.2) is 40.4 Å². The molecule has 2 aromatic rings. The summed E-state index contributed by atoms with van der Waals surface area (Å²) in [6.45, 7) is 7.03. The van der Waals surface area contributed by atoms with E-state index in [9.17, 15) is 5.11 Å². The Morgan fingerprint density at radius 2 is 1.97 bits per heavy atom.